The van der Waals surface area contributed by atoms with Gasteiger partial charge < -0.3 is 5.11 Å². The van der Waals surface area contributed by atoms with E-state index in [0.29, 0.717) is 5.01 Å². The molecule has 0 saturated heterocycles. The lowest BCUT2D eigenvalue weighted by atomic mass is 10.0. The van der Waals surface area contributed by atoms with E-state index >= 15 is 0 Å². The Labute approximate surface area is 79.2 Å². The van der Waals surface area contributed by atoms with Crippen molar-refractivity contribution in [1.82, 2.24) is 4.98 Å². The molecule has 1 rings (SSSR count). The second kappa shape index (κ2) is 4.13. The average Bonchev–Trinajstić information content (AvgIpc) is 2.53. The van der Waals surface area contributed by atoms with Crippen LogP contribution in [0.2, 0.25) is 0 Å². The van der Waals surface area contributed by atoms with Crippen LogP contribution in [0.3, 0.4) is 0 Å². The van der Waals surface area contributed by atoms with E-state index in [-0.39, 0.29) is 12.2 Å². The van der Waals surface area contributed by atoms with Crippen molar-refractivity contribution in [2.24, 2.45) is 5.92 Å². The normalized spacial score (nSPS) is 12.4. The molecule has 1 N–H and O–H groups in total. The first-order valence-corrected chi connectivity index (χ1v) is 4.64. The number of aromatic nitrogens is 1. The van der Waals surface area contributed by atoms with Gasteiger partial charge >= 0.3 is 5.97 Å². The second-order valence-corrected chi connectivity index (χ2v) is 3.59. The number of hydrogen-bond acceptors (Lipinski definition) is 4. The summed E-state index contributed by atoms with van der Waals surface area (Å²) in [7, 11) is 0. The van der Waals surface area contributed by atoms with E-state index in [2.05, 4.69) is 4.98 Å². The minimum absolute atomic E-state index is 0.140. The number of aliphatic carboxylic acids is 1. The molecule has 1 heterocycles. The molecule has 0 spiro atoms. The monoisotopic (exact) mass is 199 g/mol. The van der Waals surface area contributed by atoms with Crippen LogP contribution in [0.4, 0.5) is 0 Å². The number of carbonyl (C=O) groups excluding carboxylic acids is 1. The fourth-order valence-electron chi connectivity index (χ4n) is 0.911. The van der Waals surface area contributed by atoms with Gasteiger partial charge in [-0.15, -0.1) is 11.3 Å². The van der Waals surface area contributed by atoms with Gasteiger partial charge in [0.05, 0.1) is 6.42 Å². The summed E-state index contributed by atoms with van der Waals surface area (Å²) in [5.41, 5.74) is 0. The molecule has 0 saturated carbocycles. The molecule has 0 radical (unpaired) electrons. The maximum absolute atomic E-state index is 11.4. The zero-order chi connectivity index (χ0) is 9.84. The molecule has 4 nitrogen and oxygen atoms in total. The van der Waals surface area contributed by atoms with Crippen LogP contribution in [-0.4, -0.2) is 21.8 Å². The average molecular weight is 199 g/mol. The first-order chi connectivity index (χ1) is 6.11. The summed E-state index contributed by atoms with van der Waals surface area (Å²) in [5.74, 6) is -1.65. The van der Waals surface area contributed by atoms with E-state index in [1.165, 1.54) is 17.5 Å². The molecule has 0 unspecified atom stereocenters. The summed E-state index contributed by atoms with van der Waals surface area (Å²) in [5, 5.41) is 10.5. The van der Waals surface area contributed by atoms with E-state index in [4.69, 9.17) is 5.11 Å². The van der Waals surface area contributed by atoms with Crippen molar-refractivity contribution in [2.45, 2.75) is 13.3 Å². The Bertz CT molecular complexity index is 307. The second-order valence-electron chi connectivity index (χ2n) is 2.70. The first-order valence-electron chi connectivity index (χ1n) is 3.76. The van der Waals surface area contributed by atoms with Crippen molar-refractivity contribution in [3.8, 4) is 0 Å². The molecular formula is C8H9NO3S. The Morgan fingerprint density at radius 1 is 1.69 bits per heavy atom. The molecule has 13 heavy (non-hydrogen) atoms. The Morgan fingerprint density at radius 3 is 2.85 bits per heavy atom. The minimum Gasteiger partial charge on any atom is -0.481 e. The Morgan fingerprint density at radius 2 is 2.38 bits per heavy atom. The minimum atomic E-state index is -0.961. The molecule has 0 aromatic carbocycles. The lowest BCUT2D eigenvalue weighted by molar-refractivity contribution is -0.137. The Balaban J connectivity index is 2.63. The van der Waals surface area contributed by atoms with Gasteiger partial charge in [0, 0.05) is 17.5 Å². The number of carboxylic acids is 1. The summed E-state index contributed by atoms with van der Waals surface area (Å²) in [6.45, 7) is 1.60. The van der Waals surface area contributed by atoms with Crippen molar-refractivity contribution < 1.29 is 14.7 Å². The number of hydrogen-bond donors (Lipinski definition) is 1. The quantitative estimate of drug-likeness (QED) is 0.745. The van der Waals surface area contributed by atoms with Crippen molar-refractivity contribution in [3.05, 3.63) is 16.6 Å². The zero-order valence-electron chi connectivity index (χ0n) is 7.06. The fourth-order valence-corrected chi connectivity index (χ4v) is 1.60. The van der Waals surface area contributed by atoms with E-state index in [1.807, 2.05) is 0 Å². The van der Waals surface area contributed by atoms with Crippen molar-refractivity contribution >= 4 is 23.1 Å². The molecule has 0 aliphatic carbocycles. The van der Waals surface area contributed by atoms with Gasteiger partial charge in [-0.3, -0.25) is 9.59 Å². The van der Waals surface area contributed by atoms with E-state index < -0.39 is 11.9 Å². The lowest BCUT2D eigenvalue weighted by Crippen LogP contribution is -2.15. The van der Waals surface area contributed by atoms with E-state index in [0.717, 1.165) is 0 Å². The molecule has 1 atom stereocenters. The highest BCUT2D eigenvalue weighted by Crippen LogP contribution is 2.13. The summed E-state index contributed by atoms with van der Waals surface area (Å²) in [6.07, 6.45) is 1.39. The molecule has 0 amide bonds. The molecule has 1 aromatic rings. The summed E-state index contributed by atoms with van der Waals surface area (Å²) in [4.78, 5) is 25.6. The van der Waals surface area contributed by atoms with E-state index in [9.17, 15) is 9.59 Å². The molecule has 0 aliphatic rings. The first kappa shape index (κ1) is 9.85. The number of Topliss-reactive ketones (excluding diaryl/α,β-unsaturated/α-hetero) is 1. The summed E-state index contributed by atoms with van der Waals surface area (Å²) in [6, 6.07) is 0. The third kappa shape index (κ3) is 2.62. The van der Waals surface area contributed by atoms with Gasteiger partial charge in [0.2, 0.25) is 0 Å². The van der Waals surface area contributed by atoms with Gasteiger partial charge in [0.15, 0.2) is 10.8 Å². The van der Waals surface area contributed by atoms with Crippen LogP contribution in [0.25, 0.3) is 0 Å². The predicted molar refractivity (Wildman–Crippen MR) is 47.9 cm³/mol. The number of rotatable bonds is 4. The van der Waals surface area contributed by atoms with Crippen LogP contribution in [-0.2, 0) is 4.79 Å². The van der Waals surface area contributed by atoms with Crippen molar-refractivity contribution in [1.29, 1.82) is 0 Å². The predicted octanol–water partition coefficient (Wildman–Crippen LogP) is 1.44. The highest BCUT2D eigenvalue weighted by Gasteiger charge is 2.19. The van der Waals surface area contributed by atoms with Crippen molar-refractivity contribution in [2.75, 3.05) is 0 Å². The third-order valence-electron chi connectivity index (χ3n) is 1.57. The molecule has 70 valence electrons. The van der Waals surface area contributed by atoms with Crippen LogP contribution < -0.4 is 0 Å². The number of nitrogens with zero attached hydrogens (tertiary/aromatic N) is 1. The number of thiazole rings is 1. The number of carbonyl (C=O) groups is 2. The SMILES string of the molecule is C[C@@H](CC(=O)O)C(=O)c1nccs1. The zero-order valence-corrected chi connectivity index (χ0v) is 7.87. The van der Waals surface area contributed by atoms with Gasteiger partial charge in [-0.1, -0.05) is 6.92 Å². The summed E-state index contributed by atoms with van der Waals surface area (Å²) >= 11 is 1.23. The van der Waals surface area contributed by atoms with Gasteiger partial charge in [-0.2, -0.15) is 0 Å². The fraction of sp³-hybridized carbons (Fsp3) is 0.375. The highest BCUT2D eigenvalue weighted by atomic mass is 32.1. The van der Waals surface area contributed by atoms with Crippen LogP contribution in [0, 0.1) is 5.92 Å². The van der Waals surface area contributed by atoms with Gasteiger partial charge in [-0.05, 0) is 0 Å². The molecule has 0 aliphatic heterocycles. The Kier molecular flexibility index (Phi) is 3.13. The van der Waals surface area contributed by atoms with Gasteiger partial charge in [0.1, 0.15) is 0 Å². The van der Waals surface area contributed by atoms with Crippen molar-refractivity contribution in [3.63, 3.8) is 0 Å². The largest absolute Gasteiger partial charge is 0.481 e. The maximum Gasteiger partial charge on any atom is 0.304 e. The van der Waals surface area contributed by atoms with Gasteiger partial charge in [-0.25, -0.2) is 4.98 Å². The molecule has 5 heteroatoms. The van der Waals surface area contributed by atoms with E-state index in [1.54, 1.807) is 12.3 Å². The molecular weight excluding hydrogens is 190 g/mol. The highest BCUT2D eigenvalue weighted by molar-refractivity contribution is 7.11. The molecule has 0 fully saturated rings. The Hall–Kier alpha value is -1.23. The van der Waals surface area contributed by atoms with Crippen LogP contribution in [0.5, 0.6) is 0 Å². The number of ketones is 1. The molecule has 0 bridgehead atoms. The third-order valence-corrected chi connectivity index (χ3v) is 2.36. The summed E-state index contributed by atoms with van der Waals surface area (Å²) < 4.78 is 0. The topological polar surface area (TPSA) is 67.3 Å². The van der Waals surface area contributed by atoms with Crippen LogP contribution in [0.1, 0.15) is 23.1 Å². The lowest BCUT2D eigenvalue weighted by Gasteiger charge is -2.03. The molecule has 1 aromatic heterocycles. The van der Waals surface area contributed by atoms with Crippen LogP contribution in [0.15, 0.2) is 11.6 Å². The van der Waals surface area contributed by atoms with Crippen LogP contribution >= 0.6 is 11.3 Å². The smallest absolute Gasteiger partial charge is 0.304 e. The van der Waals surface area contributed by atoms with Gasteiger partial charge in [0.25, 0.3) is 0 Å². The maximum atomic E-state index is 11.4. The number of carboxylic acid groups (broad SMARTS) is 1. The standard InChI is InChI=1S/C8H9NO3S/c1-5(4-6(10)11)7(12)8-9-2-3-13-8/h2-3,5H,4H2,1H3,(H,10,11)/t5-/m0/s1.